The van der Waals surface area contributed by atoms with E-state index in [1.165, 1.54) is 0 Å². The smallest absolute Gasteiger partial charge is 0.550 e. The van der Waals surface area contributed by atoms with Crippen molar-refractivity contribution in [3.63, 3.8) is 0 Å². The largest absolute Gasteiger partial charge is 3.00 e. The molecular weight excluding hydrogens is 754 g/mol. The fourth-order valence-electron chi connectivity index (χ4n) is 1.27. The predicted molar refractivity (Wildman–Crippen MR) is 110 cm³/mol. The molecule has 0 unspecified atom stereocenters. The zero-order chi connectivity index (χ0) is 23.4. The molecule has 2 aromatic rings. The number of aromatic carboxylic acids is 4. The zero-order valence-electron chi connectivity index (χ0n) is 20.5. The Balaban J connectivity index is -0.0000000241. The molecule has 0 aromatic carbocycles. The van der Waals surface area contributed by atoms with Gasteiger partial charge in [0.25, 0.3) is 0 Å². The van der Waals surface area contributed by atoms with E-state index in [1.807, 2.05) is 10.2 Å². The SMILES string of the molecule is O.O.O.O.O.O.O.O.O.O.O=C([O-])CCC(=O)[O-].O=C([O-])c1cc(C(=O)[O-])[nH]n1.O=C([O-])c1cc(C(=O)[O-])[nH]n1.[Y+3].[Y+3]. The number of aromatic nitrogens is 4. The Labute approximate surface area is 282 Å². The number of carbonyl (C=O) groups is 6. The van der Waals surface area contributed by atoms with Gasteiger partial charge in [0.15, 0.2) is 0 Å². The van der Waals surface area contributed by atoms with Crippen LogP contribution < -0.4 is 30.6 Å². The van der Waals surface area contributed by atoms with Crippen LogP contribution in [0.15, 0.2) is 12.1 Å². The van der Waals surface area contributed by atoms with Crippen molar-refractivity contribution >= 4 is 35.8 Å². The van der Waals surface area contributed by atoms with Crippen LogP contribution in [0.1, 0.15) is 54.8 Å². The quantitative estimate of drug-likeness (QED) is 0.263. The molecular formula is C14H28N4O22Y2. The van der Waals surface area contributed by atoms with E-state index in [4.69, 9.17) is 0 Å². The minimum absolute atomic E-state index is 0. The molecule has 28 heteroatoms. The van der Waals surface area contributed by atoms with Gasteiger partial charge in [0, 0.05) is 11.9 Å². The summed E-state index contributed by atoms with van der Waals surface area (Å²) >= 11 is 0. The molecule has 2 heterocycles. The van der Waals surface area contributed by atoms with Gasteiger partial charge in [-0.25, -0.2) is 0 Å². The number of carbonyl (C=O) groups excluding carboxylic acids is 6. The van der Waals surface area contributed by atoms with Gasteiger partial charge >= 0.3 is 65.4 Å². The standard InChI is InChI=1S/2C5H4N2O4.C4H6O4.10H2O.2Y/c2*8-4(9)2-1-3(5(10)11)7-6-2;5-3(6)1-2-4(7)8;;;;;;;;;;;;/h2*1H,(H,6,7)(H,8,9)(H,10,11);1-2H2,(H,5,6)(H,7,8);10*1H2;;/q;;;;;;;;;;;;;2*+3/p-6. The molecule has 0 radical (unpaired) electrons. The van der Waals surface area contributed by atoms with Crippen molar-refractivity contribution in [2.45, 2.75) is 12.8 Å². The Kier molecular flexibility index (Phi) is 84.3. The maximum Gasteiger partial charge on any atom is 3.00 e. The number of rotatable bonds is 7. The molecule has 0 spiro atoms. The second-order valence-corrected chi connectivity index (χ2v) is 4.73. The molecule has 242 valence electrons. The van der Waals surface area contributed by atoms with Crippen LogP contribution in [0, 0.1) is 0 Å². The van der Waals surface area contributed by atoms with Crippen LogP contribution in [0.4, 0.5) is 0 Å². The number of carboxylic acid groups (broad SMARTS) is 6. The molecule has 0 fully saturated rings. The molecule has 0 saturated carbocycles. The summed E-state index contributed by atoms with van der Waals surface area (Å²) in [7, 11) is 0. The van der Waals surface area contributed by atoms with Gasteiger partial charge < -0.3 is 114 Å². The maximum absolute atomic E-state index is 10.0. The number of carboxylic acids is 6. The Morgan fingerprint density at radius 2 is 0.690 bits per heavy atom. The summed E-state index contributed by atoms with van der Waals surface area (Å²) in [6, 6.07) is 1.65. The number of hydrogen-bond donors (Lipinski definition) is 2. The molecule has 0 atom stereocenters. The minimum atomic E-state index is -1.53. The summed E-state index contributed by atoms with van der Waals surface area (Å²) in [6.07, 6.45) is -0.940. The average molecular weight is 782 g/mol. The van der Waals surface area contributed by atoms with Crippen LogP contribution in [0.5, 0.6) is 0 Å². The third-order valence-electron chi connectivity index (χ3n) is 2.55. The molecule has 22 N–H and O–H groups in total. The van der Waals surface area contributed by atoms with Gasteiger partial charge in [0.2, 0.25) is 0 Å². The number of nitrogens with zero attached hydrogens (tertiary/aromatic N) is 2. The van der Waals surface area contributed by atoms with Gasteiger partial charge in [-0.1, -0.05) is 0 Å². The van der Waals surface area contributed by atoms with Gasteiger partial charge in [-0.2, -0.15) is 10.2 Å². The van der Waals surface area contributed by atoms with E-state index in [9.17, 15) is 59.4 Å². The van der Waals surface area contributed by atoms with E-state index < -0.39 is 60.0 Å². The van der Waals surface area contributed by atoms with Crippen LogP contribution in [0.25, 0.3) is 0 Å². The predicted octanol–water partition coefficient (Wildman–Crippen LogP) is -16.7. The Morgan fingerprint density at radius 3 is 0.786 bits per heavy atom. The van der Waals surface area contributed by atoms with Crippen molar-refractivity contribution in [3.05, 3.63) is 34.9 Å². The van der Waals surface area contributed by atoms with E-state index in [0.717, 1.165) is 12.1 Å². The molecule has 2 rings (SSSR count). The van der Waals surface area contributed by atoms with Crippen molar-refractivity contribution in [2.75, 3.05) is 0 Å². The van der Waals surface area contributed by atoms with E-state index in [-0.39, 0.29) is 132 Å². The number of nitrogens with one attached hydrogen (secondary N) is 2. The Morgan fingerprint density at radius 1 is 0.476 bits per heavy atom. The van der Waals surface area contributed by atoms with Crippen LogP contribution in [-0.2, 0) is 75.0 Å². The first-order valence-corrected chi connectivity index (χ1v) is 7.21. The molecule has 42 heavy (non-hydrogen) atoms. The van der Waals surface area contributed by atoms with Gasteiger partial charge in [-0.3, -0.25) is 10.2 Å². The first-order valence-electron chi connectivity index (χ1n) is 7.21. The Bertz CT molecular complexity index is 833. The van der Waals surface area contributed by atoms with Crippen LogP contribution in [0.3, 0.4) is 0 Å². The van der Waals surface area contributed by atoms with Crippen molar-refractivity contribution in [1.82, 2.24) is 20.4 Å². The molecule has 0 aliphatic rings. The fraction of sp³-hybridized carbons (Fsp3) is 0.143. The van der Waals surface area contributed by atoms with Crippen molar-refractivity contribution in [3.8, 4) is 0 Å². The maximum atomic E-state index is 10.0. The number of aliphatic carboxylic acids is 2. The second kappa shape index (κ2) is 42.5. The summed E-state index contributed by atoms with van der Waals surface area (Å²) in [4.78, 5) is 59.1. The first kappa shape index (κ1) is 83.3. The molecule has 0 amide bonds. The monoisotopic (exact) mass is 782 g/mol. The van der Waals surface area contributed by atoms with Crippen molar-refractivity contribution < 1.29 is 180 Å². The molecule has 0 saturated heterocycles. The zero-order valence-corrected chi connectivity index (χ0v) is 26.2. The van der Waals surface area contributed by atoms with E-state index in [2.05, 4.69) is 10.2 Å². The van der Waals surface area contributed by atoms with Gasteiger partial charge in [-0.05, 0) is 25.0 Å². The second-order valence-electron chi connectivity index (χ2n) is 4.73. The van der Waals surface area contributed by atoms with Crippen LogP contribution in [-0.4, -0.2) is 111 Å². The fourth-order valence-corrected chi connectivity index (χ4v) is 1.27. The Hall–Kier alpha value is -2.95. The molecule has 0 bridgehead atoms. The normalized spacial score (nSPS) is 6.57. The number of aromatic amines is 2. The number of hydrogen-bond acceptors (Lipinski definition) is 14. The van der Waals surface area contributed by atoms with Gasteiger partial charge in [-0.15, -0.1) is 0 Å². The third-order valence-corrected chi connectivity index (χ3v) is 2.55. The summed E-state index contributed by atoms with van der Waals surface area (Å²) in [6.45, 7) is 0. The van der Waals surface area contributed by atoms with E-state index in [0.29, 0.717) is 0 Å². The first-order chi connectivity index (χ1) is 13.8. The minimum Gasteiger partial charge on any atom is -0.550 e. The van der Waals surface area contributed by atoms with Crippen LogP contribution in [0.2, 0.25) is 0 Å². The third kappa shape index (κ3) is 37.0. The number of H-pyrrole nitrogens is 2. The summed E-state index contributed by atoms with van der Waals surface area (Å²) in [5, 5.41) is 69.3. The molecule has 0 aliphatic carbocycles. The molecule has 26 nitrogen and oxygen atoms in total. The van der Waals surface area contributed by atoms with Gasteiger partial charge in [0.1, 0.15) is 11.4 Å². The molecule has 0 aliphatic heterocycles. The molecule has 2 aromatic heterocycles. The summed E-state index contributed by atoms with van der Waals surface area (Å²) in [5.41, 5.74) is -1.68. The van der Waals surface area contributed by atoms with Crippen molar-refractivity contribution in [2.24, 2.45) is 0 Å². The van der Waals surface area contributed by atoms with Crippen LogP contribution >= 0.6 is 0 Å². The van der Waals surface area contributed by atoms with Crippen molar-refractivity contribution in [1.29, 1.82) is 0 Å². The average Bonchev–Trinajstić information content (AvgIpc) is 3.31. The van der Waals surface area contributed by atoms with E-state index in [1.54, 1.807) is 0 Å². The van der Waals surface area contributed by atoms with Gasteiger partial charge in [0.05, 0.1) is 35.3 Å². The topological polar surface area (TPSA) is 613 Å². The summed E-state index contributed by atoms with van der Waals surface area (Å²) in [5.74, 6) is -8.82. The summed E-state index contributed by atoms with van der Waals surface area (Å²) < 4.78 is 0. The van der Waals surface area contributed by atoms with E-state index >= 15 is 0 Å².